The van der Waals surface area contributed by atoms with Crippen LogP contribution in [0.2, 0.25) is 5.02 Å². The molecule has 0 radical (unpaired) electrons. The standard InChI is InChI=1S/C17H18ClN5O3/c18-13-2-3-15(23(25)26)14(10-13)16(24)21-11-12-4-8-22(9-5-12)17-19-6-1-7-20-17/h1-3,6-7,10,12H,4-5,8-9,11H2,(H,21,24). The molecular formula is C17H18ClN5O3. The SMILES string of the molecule is O=C(NCC1CCN(c2ncccn2)CC1)c1cc(Cl)ccc1[N+](=O)[O-]. The maximum Gasteiger partial charge on any atom is 0.282 e. The summed E-state index contributed by atoms with van der Waals surface area (Å²) >= 11 is 5.87. The van der Waals surface area contributed by atoms with Gasteiger partial charge in [-0.3, -0.25) is 14.9 Å². The first kappa shape index (κ1) is 18.1. The van der Waals surface area contributed by atoms with Crippen LogP contribution in [0.5, 0.6) is 0 Å². The Labute approximate surface area is 155 Å². The Morgan fingerprint density at radius 1 is 1.31 bits per heavy atom. The Morgan fingerprint density at radius 2 is 2.00 bits per heavy atom. The molecule has 1 aliphatic rings. The van der Waals surface area contributed by atoms with Crippen molar-refractivity contribution in [3.8, 4) is 0 Å². The maximum atomic E-state index is 12.3. The zero-order chi connectivity index (χ0) is 18.5. The molecule has 1 aromatic carbocycles. The number of carbonyl (C=O) groups excluding carboxylic acids is 1. The molecule has 1 aromatic heterocycles. The van der Waals surface area contributed by atoms with Crippen molar-refractivity contribution in [1.82, 2.24) is 15.3 Å². The molecule has 1 amide bonds. The first-order chi connectivity index (χ1) is 12.5. The van der Waals surface area contributed by atoms with E-state index < -0.39 is 10.8 Å². The number of hydrogen-bond acceptors (Lipinski definition) is 6. The summed E-state index contributed by atoms with van der Waals surface area (Å²) in [7, 11) is 0. The van der Waals surface area contributed by atoms with Gasteiger partial charge >= 0.3 is 0 Å². The maximum absolute atomic E-state index is 12.3. The molecule has 9 heteroatoms. The summed E-state index contributed by atoms with van der Waals surface area (Å²) < 4.78 is 0. The lowest BCUT2D eigenvalue weighted by atomic mass is 9.97. The zero-order valence-electron chi connectivity index (χ0n) is 14.0. The molecule has 1 fully saturated rings. The van der Waals surface area contributed by atoms with Gasteiger partial charge in [-0.15, -0.1) is 0 Å². The van der Waals surface area contributed by atoms with Crippen LogP contribution < -0.4 is 10.2 Å². The van der Waals surface area contributed by atoms with Crippen LogP contribution in [0.3, 0.4) is 0 Å². The fraction of sp³-hybridized carbons (Fsp3) is 0.353. The van der Waals surface area contributed by atoms with Crippen molar-refractivity contribution in [3.63, 3.8) is 0 Å². The average molecular weight is 376 g/mol. The Bertz CT molecular complexity index is 794. The molecule has 0 unspecified atom stereocenters. The first-order valence-electron chi connectivity index (χ1n) is 8.28. The average Bonchev–Trinajstić information content (AvgIpc) is 2.67. The van der Waals surface area contributed by atoms with E-state index in [9.17, 15) is 14.9 Å². The minimum absolute atomic E-state index is 0.0161. The summed E-state index contributed by atoms with van der Waals surface area (Å²) in [5, 5.41) is 14.2. The number of halogens is 1. The number of nitro benzene ring substituents is 1. The van der Waals surface area contributed by atoms with Crippen molar-refractivity contribution in [3.05, 3.63) is 57.4 Å². The van der Waals surface area contributed by atoms with E-state index in [1.165, 1.54) is 18.2 Å². The number of nitrogens with one attached hydrogen (secondary N) is 1. The third-order valence-corrected chi connectivity index (χ3v) is 4.64. The molecular weight excluding hydrogens is 358 g/mol. The molecule has 0 spiro atoms. The summed E-state index contributed by atoms with van der Waals surface area (Å²) in [5.41, 5.74) is -0.263. The molecule has 2 aromatic rings. The molecule has 136 valence electrons. The number of nitro groups is 1. The number of piperidine rings is 1. The van der Waals surface area contributed by atoms with Gasteiger partial charge < -0.3 is 10.2 Å². The predicted molar refractivity (Wildman–Crippen MR) is 97.4 cm³/mol. The van der Waals surface area contributed by atoms with Crippen LogP contribution >= 0.6 is 11.6 Å². The monoisotopic (exact) mass is 375 g/mol. The van der Waals surface area contributed by atoms with E-state index in [-0.39, 0.29) is 16.3 Å². The van der Waals surface area contributed by atoms with Crippen molar-refractivity contribution in [2.45, 2.75) is 12.8 Å². The topological polar surface area (TPSA) is 101 Å². The molecule has 1 saturated heterocycles. The van der Waals surface area contributed by atoms with Crippen molar-refractivity contribution in [2.24, 2.45) is 5.92 Å². The Morgan fingerprint density at radius 3 is 2.65 bits per heavy atom. The van der Waals surface area contributed by atoms with Crippen LogP contribution in [0.25, 0.3) is 0 Å². The second-order valence-corrected chi connectivity index (χ2v) is 6.54. The highest BCUT2D eigenvalue weighted by Gasteiger charge is 2.24. The summed E-state index contributed by atoms with van der Waals surface area (Å²) in [5.74, 6) is 0.537. The van der Waals surface area contributed by atoms with Gasteiger partial charge in [-0.1, -0.05) is 11.6 Å². The summed E-state index contributed by atoms with van der Waals surface area (Å²) in [6.07, 6.45) is 5.20. The van der Waals surface area contributed by atoms with Gasteiger partial charge in [-0.25, -0.2) is 9.97 Å². The zero-order valence-corrected chi connectivity index (χ0v) is 14.7. The molecule has 3 rings (SSSR count). The molecule has 1 aliphatic heterocycles. The number of carbonyl (C=O) groups is 1. The molecule has 0 atom stereocenters. The third kappa shape index (κ3) is 4.26. The highest BCUT2D eigenvalue weighted by molar-refractivity contribution is 6.31. The Hall–Kier alpha value is -2.74. The van der Waals surface area contributed by atoms with E-state index in [1.807, 2.05) is 0 Å². The van der Waals surface area contributed by atoms with Gasteiger partial charge in [0.25, 0.3) is 11.6 Å². The fourth-order valence-electron chi connectivity index (χ4n) is 2.97. The number of anilines is 1. The molecule has 0 bridgehead atoms. The second kappa shape index (κ2) is 8.09. The summed E-state index contributed by atoms with van der Waals surface area (Å²) in [6, 6.07) is 5.75. The number of rotatable bonds is 5. The van der Waals surface area contributed by atoms with Crippen LogP contribution in [-0.2, 0) is 0 Å². The van der Waals surface area contributed by atoms with Crippen LogP contribution in [0.1, 0.15) is 23.2 Å². The normalized spacial score (nSPS) is 14.9. The van der Waals surface area contributed by atoms with Crippen LogP contribution in [0.15, 0.2) is 36.7 Å². The predicted octanol–water partition coefficient (Wildman–Crippen LogP) is 2.68. The molecule has 26 heavy (non-hydrogen) atoms. The van der Waals surface area contributed by atoms with Crippen LogP contribution in [-0.4, -0.2) is 40.4 Å². The first-order valence-corrected chi connectivity index (χ1v) is 8.66. The lowest BCUT2D eigenvalue weighted by molar-refractivity contribution is -0.385. The fourth-order valence-corrected chi connectivity index (χ4v) is 3.15. The second-order valence-electron chi connectivity index (χ2n) is 6.11. The van der Waals surface area contributed by atoms with Crippen molar-refractivity contribution < 1.29 is 9.72 Å². The van der Waals surface area contributed by atoms with E-state index in [1.54, 1.807) is 18.5 Å². The number of amides is 1. The van der Waals surface area contributed by atoms with Gasteiger partial charge in [-0.2, -0.15) is 0 Å². The summed E-state index contributed by atoms with van der Waals surface area (Å²) in [4.78, 5) is 33.4. The van der Waals surface area contributed by atoms with Gasteiger partial charge in [0.05, 0.1) is 4.92 Å². The minimum Gasteiger partial charge on any atom is -0.352 e. The van der Waals surface area contributed by atoms with E-state index in [0.29, 0.717) is 18.4 Å². The van der Waals surface area contributed by atoms with Gasteiger partial charge in [0.15, 0.2) is 0 Å². The van der Waals surface area contributed by atoms with Gasteiger partial charge in [0.1, 0.15) is 5.56 Å². The van der Waals surface area contributed by atoms with Crippen LogP contribution in [0, 0.1) is 16.0 Å². The van der Waals surface area contributed by atoms with Gasteiger partial charge in [0.2, 0.25) is 5.95 Å². The minimum atomic E-state index is -0.580. The highest BCUT2D eigenvalue weighted by Crippen LogP contribution is 2.23. The quantitative estimate of drug-likeness (QED) is 0.636. The molecule has 0 aliphatic carbocycles. The van der Waals surface area contributed by atoms with Gasteiger partial charge in [0, 0.05) is 43.1 Å². The smallest absolute Gasteiger partial charge is 0.282 e. The lowest BCUT2D eigenvalue weighted by Crippen LogP contribution is -2.39. The molecule has 0 saturated carbocycles. The van der Waals surface area contributed by atoms with Crippen molar-refractivity contribution in [2.75, 3.05) is 24.5 Å². The Kier molecular flexibility index (Phi) is 5.62. The lowest BCUT2D eigenvalue weighted by Gasteiger charge is -2.31. The number of aromatic nitrogens is 2. The van der Waals surface area contributed by atoms with Gasteiger partial charge in [-0.05, 0) is 37.0 Å². The molecule has 8 nitrogen and oxygen atoms in total. The number of nitrogens with zero attached hydrogens (tertiary/aromatic N) is 4. The number of hydrogen-bond donors (Lipinski definition) is 1. The molecule has 1 N–H and O–H groups in total. The van der Waals surface area contributed by atoms with Crippen molar-refractivity contribution in [1.29, 1.82) is 0 Å². The van der Waals surface area contributed by atoms with E-state index in [4.69, 9.17) is 11.6 Å². The van der Waals surface area contributed by atoms with E-state index in [2.05, 4.69) is 20.2 Å². The largest absolute Gasteiger partial charge is 0.352 e. The molecule has 2 heterocycles. The third-order valence-electron chi connectivity index (χ3n) is 4.40. The van der Waals surface area contributed by atoms with Crippen molar-refractivity contribution >= 4 is 29.1 Å². The van der Waals surface area contributed by atoms with E-state index in [0.717, 1.165) is 25.9 Å². The number of benzene rings is 1. The van der Waals surface area contributed by atoms with E-state index >= 15 is 0 Å². The van der Waals surface area contributed by atoms with Crippen LogP contribution in [0.4, 0.5) is 11.6 Å². The highest BCUT2D eigenvalue weighted by atomic mass is 35.5. The Balaban J connectivity index is 1.55. The summed E-state index contributed by atoms with van der Waals surface area (Å²) in [6.45, 7) is 2.08.